The van der Waals surface area contributed by atoms with Crippen molar-refractivity contribution in [2.45, 2.75) is 63.7 Å². The normalized spacial score (nSPS) is 15.0. The number of hydrogen-bond acceptors (Lipinski definition) is 6. The number of tetrazole rings is 1. The van der Waals surface area contributed by atoms with Crippen molar-refractivity contribution >= 4 is 11.9 Å². The van der Waals surface area contributed by atoms with Gasteiger partial charge in [-0.15, -0.1) is 5.10 Å². The molecular formula is C27H28F9N7O. The van der Waals surface area contributed by atoms with Gasteiger partial charge >= 0.3 is 18.5 Å². The quantitative estimate of drug-likeness (QED) is 0.262. The molecule has 17 heteroatoms. The highest BCUT2D eigenvalue weighted by Gasteiger charge is 2.38. The summed E-state index contributed by atoms with van der Waals surface area (Å²) in [6.07, 6.45) is -9.81. The van der Waals surface area contributed by atoms with E-state index >= 15 is 0 Å². The van der Waals surface area contributed by atoms with Gasteiger partial charge in [0.1, 0.15) is 5.69 Å². The first kappa shape index (κ1) is 33.0. The zero-order valence-electron chi connectivity index (χ0n) is 23.6. The second kappa shape index (κ2) is 12.6. The van der Waals surface area contributed by atoms with Gasteiger partial charge in [-0.25, -0.2) is 0 Å². The van der Waals surface area contributed by atoms with Gasteiger partial charge in [-0.05, 0) is 53.8 Å². The number of aryl methyl sites for hydroxylation is 1. The van der Waals surface area contributed by atoms with Crippen molar-refractivity contribution in [2.24, 2.45) is 13.0 Å². The van der Waals surface area contributed by atoms with E-state index in [0.717, 1.165) is 41.8 Å². The molecule has 1 aliphatic carbocycles. The Labute approximate surface area is 245 Å². The van der Waals surface area contributed by atoms with Crippen LogP contribution in [0.15, 0.2) is 30.5 Å². The summed E-state index contributed by atoms with van der Waals surface area (Å²) in [5, 5.41) is 11.3. The fourth-order valence-electron chi connectivity index (χ4n) is 5.13. The van der Waals surface area contributed by atoms with Gasteiger partial charge in [-0.1, -0.05) is 24.4 Å². The monoisotopic (exact) mass is 637 g/mol. The van der Waals surface area contributed by atoms with Crippen LogP contribution < -0.4 is 4.90 Å². The van der Waals surface area contributed by atoms with Gasteiger partial charge in [0.05, 0.1) is 23.7 Å². The first-order valence-corrected chi connectivity index (χ1v) is 13.5. The number of aromatic nitrogens is 5. The predicted molar refractivity (Wildman–Crippen MR) is 138 cm³/mol. The Morgan fingerprint density at radius 1 is 0.864 bits per heavy atom. The second-order valence-electron chi connectivity index (χ2n) is 10.8. The minimum atomic E-state index is -5.13. The summed E-state index contributed by atoms with van der Waals surface area (Å²) in [6, 6.07) is 1.62. The molecule has 2 heterocycles. The van der Waals surface area contributed by atoms with E-state index in [1.165, 1.54) is 19.0 Å². The third kappa shape index (κ3) is 8.16. The van der Waals surface area contributed by atoms with Crippen LogP contribution in [0, 0.1) is 5.92 Å². The smallest absolute Gasteiger partial charge is 0.340 e. The lowest BCUT2D eigenvalue weighted by Gasteiger charge is -2.28. The molecule has 1 aliphatic rings. The molecule has 2 aromatic heterocycles. The molecule has 3 aromatic rings. The van der Waals surface area contributed by atoms with Crippen molar-refractivity contribution in [3.63, 3.8) is 0 Å². The first-order chi connectivity index (χ1) is 20.4. The zero-order chi connectivity index (χ0) is 32.4. The van der Waals surface area contributed by atoms with Crippen LogP contribution in [0.25, 0.3) is 0 Å². The maximum absolute atomic E-state index is 13.7. The average Bonchev–Trinajstić information content (AvgIpc) is 3.37. The minimum absolute atomic E-state index is 0.0376. The van der Waals surface area contributed by atoms with E-state index < -0.39 is 59.8 Å². The number of pyridine rings is 1. The lowest BCUT2D eigenvalue weighted by atomic mass is 9.89. The van der Waals surface area contributed by atoms with Crippen molar-refractivity contribution < 1.29 is 44.3 Å². The largest absolute Gasteiger partial charge is 0.417 e. The number of rotatable bonds is 8. The highest BCUT2D eigenvalue weighted by Crippen LogP contribution is 2.37. The van der Waals surface area contributed by atoms with Crippen LogP contribution in [-0.4, -0.2) is 49.6 Å². The molecule has 1 saturated carbocycles. The highest BCUT2D eigenvalue weighted by molar-refractivity contribution is 5.93. The number of carbonyl (C=O) groups excluding carboxylic acids is 1. The van der Waals surface area contributed by atoms with Gasteiger partial charge in [0.2, 0.25) is 0 Å². The van der Waals surface area contributed by atoms with Crippen molar-refractivity contribution in [1.29, 1.82) is 0 Å². The van der Waals surface area contributed by atoms with Crippen molar-refractivity contribution in [1.82, 2.24) is 30.1 Å². The molecule has 0 unspecified atom stereocenters. The van der Waals surface area contributed by atoms with Crippen molar-refractivity contribution in [3.8, 4) is 0 Å². The summed E-state index contributed by atoms with van der Waals surface area (Å²) >= 11 is 0. The molecule has 0 saturated heterocycles. The highest BCUT2D eigenvalue weighted by atomic mass is 19.4. The van der Waals surface area contributed by atoms with Crippen LogP contribution in [0.4, 0.5) is 45.5 Å². The molecule has 0 aliphatic heterocycles. The molecule has 0 radical (unpaired) electrons. The molecule has 4 rings (SSSR count). The van der Waals surface area contributed by atoms with Crippen LogP contribution >= 0.6 is 0 Å². The number of hydrogen-bond donors (Lipinski definition) is 0. The SMILES string of the molecule is CN(CC1CCCCC1)C(=O)c1ncc(C(F)(F)F)cc1CN(Cc1cc(C(F)(F)F)cc(C(F)(F)F)c1)c1nnn(C)n1. The number of benzene rings is 1. The summed E-state index contributed by atoms with van der Waals surface area (Å²) in [4.78, 5) is 20.6. The van der Waals surface area contributed by atoms with E-state index in [4.69, 9.17) is 0 Å². The minimum Gasteiger partial charge on any atom is -0.340 e. The molecule has 0 bridgehead atoms. The maximum Gasteiger partial charge on any atom is 0.417 e. The lowest BCUT2D eigenvalue weighted by Crippen LogP contribution is -2.35. The summed E-state index contributed by atoms with van der Waals surface area (Å²) in [5.74, 6) is -0.811. The lowest BCUT2D eigenvalue weighted by molar-refractivity contribution is -0.143. The van der Waals surface area contributed by atoms with Crippen molar-refractivity contribution in [2.75, 3.05) is 18.5 Å². The molecule has 0 spiro atoms. The van der Waals surface area contributed by atoms with E-state index in [2.05, 4.69) is 20.4 Å². The Kier molecular flexibility index (Phi) is 9.44. The van der Waals surface area contributed by atoms with E-state index in [9.17, 15) is 44.3 Å². The van der Waals surface area contributed by atoms with Gasteiger partial charge in [-0.3, -0.25) is 9.78 Å². The summed E-state index contributed by atoms with van der Waals surface area (Å²) in [6.45, 7) is -1.00. The van der Waals surface area contributed by atoms with E-state index in [-0.39, 0.29) is 29.2 Å². The molecule has 8 nitrogen and oxygen atoms in total. The molecule has 240 valence electrons. The Balaban J connectivity index is 1.75. The van der Waals surface area contributed by atoms with Crippen molar-refractivity contribution in [3.05, 3.63) is 64.0 Å². The molecule has 0 N–H and O–H groups in total. The standard InChI is InChI=1S/C27H28F9N7O/c1-41(13-16-6-4-3-5-7-16)23(44)22-18(10-21(12-37-22)27(34,35)36)15-43(24-38-40-42(2)39-24)14-17-8-19(25(28,29)30)11-20(9-17)26(31,32)33/h8-12,16H,3-7,13-15H2,1-2H3. The predicted octanol–water partition coefficient (Wildman–Crippen LogP) is 6.52. The Morgan fingerprint density at radius 2 is 1.45 bits per heavy atom. The fourth-order valence-corrected chi connectivity index (χ4v) is 5.13. The topological polar surface area (TPSA) is 80.0 Å². The van der Waals surface area contributed by atoms with Gasteiger partial charge in [0.15, 0.2) is 0 Å². The van der Waals surface area contributed by atoms with E-state index in [0.29, 0.717) is 30.9 Å². The number of anilines is 1. The number of nitrogens with zero attached hydrogens (tertiary/aromatic N) is 7. The Hall–Kier alpha value is -3.92. The van der Waals surface area contributed by atoms with Gasteiger partial charge in [0, 0.05) is 38.4 Å². The van der Waals surface area contributed by atoms with Crippen LogP contribution in [0.5, 0.6) is 0 Å². The van der Waals surface area contributed by atoms with Gasteiger partial charge in [0.25, 0.3) is 11.9 Å². The van der Waals surface area contributed by atoms with E-state index in [1.807, 2.05) is 0 Å². The summed E-state index contributed by atoms with van der Waals surface area (Å²) < 4.78 is 122. The summed E-state index contributed by atoms with van der Waals surface area (Å²) in [7, 11) is 2.82. The first-order valence-electron chi connectivity index (χ1n) is 13.5. The average molecular weight is 638 g/mol. The maximum atomic E-state index is 13.7. The second-order valence-corrected chi connectivity index (χ2v) is 10.8. The molecule has 1 fully saturated rings. The Morgan fingerprint density at radius 3 is 1.98 bits per heavy atom. The number of carbonyl (C=O) groups is 1. The third-order valence-electron chi connectivity index (χ3n) is 7.26. The van der Waals surface area contributed by atoms with Crippen LogP contribution in [0.3, 0.4) is 0 Å². The Bertz CT molecular complexity index is 1430. The van der Waals surface area contributed by atoms with Gasteiger partial charge < -0.3 is 9.80 Å². The molecule has 44 heavy (non-hydrogen) atoms. The summed E-state index contributed by atoms with van der Waals surface area (Å²) in [5.41, 5.74) is -5.47. The number of halogens is 9. The van der Waals surface area contributed by atoms with Gasteiger partial charge in [-0.2, -0.15) is 44.3 Å². The molecule has 1 aromatic carbocycles. The molecular weight excluding hydrogens is 609 g/mol. The van der Waals surface area contributed by atoms with Crippen LogP contribution in [0.2, 0.25) is 0 Å². The van der Waals surface area contributed by atoms with Crippen LogP contribution in [0.1, 0.15) is 70.4 Å². The van der Waals surface area contributed by atoms with E-state index in [1.54, 1.807) is 0 Å². The fraction of sp³-hybridized carbons (Fsp3) is 0.519. The molecule has 1 amide bonds. The third-order valence-corrected chi connectivity index (χ3v) is 7.26. The molecule has 0 atom stereocenters. The number of alkyl halides is 9. The zero-order valence-corrected chi connectivity index (χ0v) is 23.6. The number of amides is 1. The van der Waals surface area contributed by atoms with Crippen LogP contribution in [-0.2, 0) is 38.7 Å².